The number of halogens is 2. The maximum absolute atomic E-state index is 14.7. The van der Waals surface area contributed by atoms with Gasteiger partial charge in [0.15, 0.2) is 11.6 Å². The summed E-state index contributed by atoms with van der Waals surface area (Å²) < 4.78 is 20.4. The summed E-state index contributed by atoms with van der Waals surface area (Å²) in [6.07, 6.45) is 4.21. The fourth-order valence-electron chi connectivity index (χ4n) is 3.08. The van der Waals surface area contributed by atoms with E-state index < -0.39 is 11.8 Å². The Hall–Kier alpha value is -3.92. The molecule has 0 radical (unpaired) electrons. The van der Waals surface area contributed by atoms with Crippen LogP contribution in [0, 0.1) is 5.82 Å². The number of nitrogen functional groups attached to an aromatic ring is 1. The first kappa shape index (κ1) is 22.8. The zero-order valence-corrected chi connectivity index (χ0v) is 17.5. The van der Waals surface area contributed by atoms with E-state index in [4.69, 9.17) is 15.6 Å². The summed E-state index contributed by atoms with van der Waals surface area (Å²) in [5.74, 6) is -0.453. The van der Waals surface area contributed by atoms with Gasteiger partial charge in [0.1, 0.15) is 17.2 Å². The molecule has 4 rings (SSSR count). The maximum Gasteiger partial charge on any atom is 0.303 e. The van der Waals surface area contributed by atoms with E-state index >= 15 is 0 Å². The van der Waals surface area contributed by atoms with Crippen LogP contribution in [0.5, 0.6) is 11.5 Å². The van der Waals surface area contributed by atoms with Crippen LogP contribution in [0.1, 0.15) is 18.5 Å². The quantitative estimate of drug-likeness (QED) is 0.304. The number of aliphatic carboxylic acids is 1. The lowest BCUT2D eigenvalue weighted by atomic mass is 10.2. The number of carbonyl (C=O) groups is 1. The first-order chi connectivity index (χ1) is 15.0. The van der Waals surface area contributed by atoms with E-state index in [0.29, 0.717) is 41.4 Å². The second kappa shape index (κ2) is 9.92. The van der Waals surface area contributed by atoms with Gasteiger partial charge in [-0.25, -0.2) is 14.4 Å². The summed E-state index contributed by atoms with van der Waals surface area (Å²) >= 11 is 0. The SMILES string of the molecule is Cl.Nc1nc(CCCC(=O)O)cc(Nc2ccc(Oc3ccnc4[nH]ccc34)c(F)c2)n1. The highest BCUT2D eigenvalue weighted by Gasteiger charge is 2.11. The number of carboxylic acid groups (broad SMARTS) is 1. The highest BCUT2D eigenvalue weighted by atomic mass is 35.5. The first-order valence-electron chi connectivity index (χ1n) is 9.50. The van der Waals surface area contributed by atoms with Crippen LogP contribution in [0.15, 0.2) is 48.8 Å². The van der Waals surface area contributed by atoms with Crippen LogP contribution in [0.3, 0.4) is 0 Å². The number of hydrogen-bond acceptors (Lipinski definition) is 7. The van der Waals surface area contributed by atoms with Crippen molar-refractivity contribution in [1.82, 2.24) is 19.9 Å². The molecule has 0 aliphatic carbocycles. The van der Waals surface area contributed by atoms with Crippen LogP contribution in [0.4, 0.5) is 21.8 Å². The Bertz CT molecular complexity index is 1250. The molecule has 0 spiro atoms. The van der Waals surface area contributed by atoms with Crippen molar-refractivity contribution in [2.45, 2.75) is 19.3 Å². The molecule has 3 heterocycles. The number of aromatic amines is 1. The number of rotatable bonds is 8. The van der Waals surface area contributed by atoms with Crippen molar-refractivity contribution in [3.8, 4) is 11.5 Å². The van der Waals surface area contributed by atoms with Gasteiger partial charge in [0.2, 0.25) is 5.95 Å². The minimum atomic E-state index is -0.873. The van der Waals surface area contributed by atoms with Crippen LogP contribution in [-0.4, -0.2) is 31.0 Å². The molecule has 3 aromatic heterocycles. The third kappa shape index (κ3) is 5.41. The monoisotopic (exact) mass is 458 g/mol. The number of ether oxygens (including phenoxy) is 1. The average Bonchev–Trinajstić information content (AvgIpc) is 3.19. The summed E-state index contributed by atoms with van der Waals surface area (Å²) in [5, 5.41) is 12.5. The van der Waals surface area contributed by atoms with Gasteiger partial charge in [-0.3, -0.25) is 4.79 Å². The molecule has 0 aliphatic rings. The Kier molecular flexibility index (Phi) is 7.06. The van der Waals surface area contributed by atoms with Crippen LogP contribution in [0.25, 0.3) is 11.0 Å². The molecule has 166 valence electrons. The van der Waals surface area contributed by atoms with E-state index in [1.165, 1.54) is 12.1 Å². The lowest BCUT2D eigenvalue weighted by Crippen LogP contribution is -2.04. The van der Waals surface area contributed by atoms with Gasteiger partial charge in [-0.2, -0.15) is 4.98 Å². The van der Waals surface area contributed by atoms with Crippen molar-refractivity contribution in [3.63, 3.8) is 0 Å². The maximum atomic E-state index is 14.7. The number of nitrogens with one attached hydrogen (secondary N) is 2. The first-order valence-corrected chi connectivity index (χ1v) is 9.50. The lowest BCUT2D eigenvalue weighted by molar-refractivity contribution is -0.137. The highest BCUT2D eigenvalue weighted by Crippen LogP contribution is 2.31. The van der Waals surface area contributed by atoms with Gasteiger partial charge >= 0.3 is 5.97 Å². The fraction of sp³-hybridized carbons (Fsp3) is 0.143. The third-order valence-electron chi connectivity index (χ3n) is 4.46. The molecule has 0 atom stereocenters. The molecular formula is C21H20ClFN6O3. The standard InChI is InChI=1S/C21H19FN6O3.ClH/c22-15-10-13(26-18-11-12(27-21(23)28-18)2-1-3-19(29)30)4-5-17(15)31-16-7-9-25-20-14(16)6-8-24-20;/h4-11H,1-3H2,(H,24,25)(H,29,30)(H3,23,26,27,28);1H. The summed E-state index contributed by atoms with van der Waals surface area (Å²) in [7, 11) is 0. The minimum absolute atomic E-state index is 0. The third-order valence-corrected chi connectivity index (χ3v) is 4.46. The van der Waals surface area contributed by atoms with Crippen molar-refractivity contribution < 1.29 is 19.0 Å². The number of carboxylic acids is 1. The van der Waals surface area contributed by atoms with Crippen molar-refractivity contribution in [2.24, 2.45) is 0 Å². The molecule has 0 amide bonds. The topological polar surface area (TPSA) is 139 Å². The van der Waals surface area contributed by atoms with Gasteiger partial charge in [0.25, 0.3) is 0 Å². The summed E-state index contributed by atoms with van der Waals surface area (Å²) in [6.45, 7) is 0. The molecule has 11 heteroatoms. The van der Waals surface area contributed by atoms with Crippen molar-refractivity contribution in [3.05, 3.63) is 60.3 Å². The molecule has 0 unspecified atom stereocenters. The van der Waals surface area contributed by atoms with E-state index in [1.807, 2.05) is 0 Å². The molecule has 32 heavy (non-hydrogen) atoms. The smallest absolute Gasteiger partial charge is 0.303 e. The Morgan fingerprint density at radius 1 is 1.19 bits per heavy atom. The normalized spacial score (nSPS) is 10.5. The number of hydrogen-bond donors (Lipinski definition) is 4. The van der Waals surface area contributed by atoms with E-state index in [0.717, 1.165) is 5.39 Å². The van der Waals surface area contributed by atoms with Crippen LogP contribution >= 0.6 is 12.4 Å². The van der Waals surface area contributed by atoms with Gasteiger partial charge in [-0.1, -0.05) is 0 Å². The molecule has 5 N–H and O–H groups in total. The number of H-pyrrole nitrogens is 1. The summed E-state index contributed by atoms with van der Waals surface area (Å²) in [4.78, 5) is 26.0. The molecule has 0 fully saturated rings. The van der Waals surface area contributed by atoms with Crippen molar-refractivity contribution in [2.75, 3.05) is 11.1 Å². The summed E-state index contributed by atoms with van der Waals surface area (Å²) in [6, 6.07) is 9.56. The number of benzene rings is 1. The zero-order valence-electron chi connectivity index (χ0n) is 16.7. The molecule has 4 aromatic rings. The van der Waals surface area contributed by atoms with Gasteiger partial charge in [0.05, 0.1) is 5.39 Å². The number of anilines is 3. The second-order valence-corrected chi connectivity index (χ2v) is 6.77. The number of fused-ring (bicyclic) bond motifs is 1. The van der Waals surface area contributed by atoms with Crippen LogP contribution in [0.2, 0.25) is 0 Å². The van der Waals surface area contributed by atoms with E-state index in [2.05, 4.69) is 25.3 Å². The number of nitrogens with zero attached hydrogens (tertiary/aromatic N) is 3. The Morgan fingerprint density at radius 3 is 2.81 bits per heavy atom. The predicted octanol–water partition coefficient (Wildman–Crippen LogP) is 4.44. The molecule has 0 aliphatic heterocycles. The zero-order chi connectivity index (χ0) is 21.8. The van der Waals surface area contributed by atoms with Gasteiger partial charge in [0, 0.05) is 42.3 Å². The molecular weight excluding hydrogens is 439 g/mol. The number of pyridine rings is 1. The minimum Gasteiger partial charge on any atom is -0.481 e. The van der Waals surface area contributed by atoms with E-state index in [-0.39, 0.29) is 30.5 Å². The number of aryl methyl sites for hydroxylation is 1. The molecule has 0 bridgehead atoms. The lowest BCUT2D eigenvalue weighted by Gasteiger charge is -2.11. The van der Waals surface area contributed by atoms with E-state index in [1.54, 1.807) is 36.7 Å². The average molecular weight is 459 g/mol. The van der Waals surface area contributed by atoms with Crippen LogP contribution < -0.4 is 15.8 Å². The largest absolute Gasteiger partial charge is 0.481 e. The number of nitrogens with two attached hydrogens (primary N) is 1. The molecule has 0 saturated heterocycles. The molecule has 1 aromatic carbocycles. The summed E-state index contributed by atoms with van der Waals surface area (Å²) in [5.41, 5.74) is 7.44. The van der Waals surface area contributed by atoms with Gasteiger partial charge in [-0.05, 0) is 37.1 Å². The van der Waals surface area contributed by atoms with Gasteiger partial charge in [-0.15, -0.1) is 12.4 Å². The Morgan fingerprint density at radius 2 is 2.03 bits per heavy atom. The highest BCUT2D eigenvalue weighted by molar-refractivity contribution is 5.85. The van der Waals surface area contributed by atoms with Crippen molar-refractivity contribution >= 4 is 46.9 Å². The fourth-order valence-corrected chi connectivity index (χ4v) is 3.08. The van der Waals surface area contributed by atoms with E-state index in [9.17, 15) is 9.18 Å². The second-order valence-electron chi connectivity index (χ2n) is 6.77. The van der Waals surface area contributed by atoms with Gasteiger partial charge < -0.3 is 25.9 Å². The molecule has 9 nitrogen and oxygen atoms in total. The Labute approximate surface area is 188 Å². The number of aromatic nitrogens is 4. The predicted molar refractivity (Wildman–Crippen MR) is 120 cm³/mol. The molecule has 0 saturated carbocycles. The Balaban J connectivity index is 0.00000289. The van der Waals surface area contributed by atoms with Crippen LogP contribution in [-0.2, 0) is 11.2 Å². The van der Waals surface area contributed by atoms with Crippen molar-refractivity contribution in [1.29, 1.82) is 0 Å².